The molecule has 22 heavy (non-hydrogen) atoms. The first-order valence-electron chi connectivity index (χ1n) is 7.33. The number of amides is 1. The van der Waals surface area contributed by atoms with Crippen molar-refractivity contribution in [2.24, 2.45) is 5.92 Å². The summed E-state index contributed by atoms with van der Waals surface area (Å²) < 4.78 is 5.04. The Morgan fingerprint density at radius 2 is 1.95 bits per heavy atom. The van der Waals surface area contributed by atoms with Crippen LogP contribution in [0.2, 0.25) is 0 Å². The highest BCUT2D eigenvalue weighted by atomic mass is 16.6. The van der Waals surface area contributed by atoms with E-state index >= 15 is 0 Å². The fraction of sp³-hybridized carbons (Fsp3) is 0.500. The van der Waals surface area contributed by atoms with E-state index in [1.165, 1.54) is 0 Å². The second-order valence-electron chi connectivity index (χ2n) is 5.04. The lowest BCUT2D eigenvalue weighted by Crippen LogP contribution is -2.28. The molecule has 6 nitrogen and oxygen atoms in total. The number of benzene rings is 1. The molecule has 0 unspecified atom stereocenters. The Morgan fingerprint density at radius 1 is 1.27 bits per heavy atom. The van der Waals surface area contributed by atoms with Gasteiger partial charge in [0.15, 0.2) is 0 Å². The van der Waals surface area contributed by atoms with Gasteiger partial charge in [-0.1, -0.05) is 31.9 Å². The van der Waals surface area contributed by atoms with Gasteiger partial charge in [-0.15, -0.1) is 0 Å². The zero-order valence-electron chi connectivity index (χ0n) is 13.0. The van der Waals surface area contributed by atoms with E-state index in [2.05, 4.69) is 5.48 Å². The number of carboxylic acid groups (broad SMARTS) is 1. The molecule has 1 rings (SSSR count). The van der Waals surface area contributed by atoms with Crippen LogP contribution in [0, 0.1) is 5.92 Å². The molecule has 1 aromatic carbocycles. The summed E-state index contributed by atoms with van der Waals surface area (Å²) in [6.45, 7) is 2.19. The van der Waals surface area contributed by atoms with Gasteiger partial charge in [0.2, 0.25) is 5.91 Å². The zero-order valence-corrected chi connectivity index (χ0v) is 13.0. The summed E-state index contributed by atoms with van der Waals surface area (Å²) in [4.78, 5) is 27.9. The van der Waals surface area contributed by atoms with Crippen molar-refractivity contribution in [3.05, 3.63) is 29.8 Å². The highest BCUT2D eigenvalue weighted by Gasteiger charge is 2.20. The number of hydrogen-bond acceptors (Lipinski definition) is 4. The monoisotopic (exact) mass is 309 g/mol. The van der Waals surface area contributed by atoms with Gasteiger partial charge in [0, 0.05) is 6.42 Å². The van der Waals surface area contributed by atoms with Gasteiger partial charge < -0.3 is 9.84 Å². The Kier molecular flexibility index (Phi) is 7.99. The molecule has 0 aliphatic rings. The number of ether oxygens (including phenoxy) is 1. The van der Waals surface area contributed by atoms with Crippen LogP contribution in [0.25, 0.3) is 0 Å². The number of carbonyl (C=O) groups is 2. The van der Waals surface area contributed by atoms with Crippen molar-refractivity contribution in [3.63, 3.8) is 0 Å². The Bertz CT molecular complexity index is 472. The van der Waals surface area contributed by atoms with Gasteiger partial charge in [0.25, 0.3) is 0 Å². The van der Waals surface area contributed by atoms with Gasteiger partial charge in [0.05, 0.1) is 19.6 Å². The van der Waals surface area contributed by atoms with Gasteiger partial charge in [-0.05, 0) is 24.1 Å². The fourth-order valence-electron chi connectivity index (χ4n) is 1.95. The van der Waals surface area contributed by atoms with E-state index in [0.717, 1.165) is 24.2 Å². The zero-order chi connectivity index (χ0) is 16.4. The first kappa shape index (κ1) is 18.0. The van der Waals surface area contributed by atoms with E-state index in [0.29, 0.717) is 6.42 Å². The predicted octanol–water partition coefficient (Wildman–Crippen LogP) is 2.52. The van der Waals surface area contributed by atoms with Crippen molar-refractivity contribution in [2.75, 3.05) is 7.11 Å². The normalized spacial score (nSPS) is 11.7. The lowest BCUT2D eigenvalue weighted by atomic mass is 9.98. The molecule has 0 saturated heterocycles. The molecule has 122 valence electrons. The summed E-state index contributed by atoms with van der Waals surface area (Å²) in [5.41, 5.74) is 3.16. The standard InChI is InChI=1S/C16H23NO5/c1-3-4-5-13(16(19)20)10-15(18)17-22-11-12-6-8-14(21-2)9-7-12/h6-9,13H,3-5,10-11H2,1-2H3,(H,17,18)(H,19,20)/t13-/m1/s1. The first-order chi connectivity index (χ1) is 10.6. The quantitative estimate of drug-likeness (QED) is 0.649. The number of rotatable bonds is 10. The maximum atomic E-state index is 11.7. The largest absolute Gasteiger partial charge is 0.497 e. The van der Waals surface area contributed by atoms with Crippen LogP contribution in [-0.2, 0) is 21.0 Å². The van der Waals surface area contributed by atoms with Gasteiger partial charge in [-0.2, -0.15) is 0 Å². The van der Waals surface area contributed by atoms with Crippen molar-refractivity contribution < 1.29 is 24.3 Å². The van der Waals surface area contributed by atoms with Crippen molar-refractivity contribution in [1.29, 1.82) is 0 Å². The smallest absolute Gasteiger partial charge is 0.307 e. The topological polar surface area (TPSA) is 84.9 Å². The predicted molar refractivity (Wildman–Crippen MR) is 81.2 cm³/mol. The van der Waals surface area contributed by atoms with E-state index in [9.17, 15) is 9.59 Å². The Morgan fingerprint density at radius 3 is 2.50 bits per heavy atom. The molecule has 0 saturated carbocycles. The van der Waals surface area contributed by atoms with Crippen LogP contribution >= 0.6 is 0 Å². The number of carbonyl (C=O) groups excluding carboxylic acids is 1. The molecular formula is C16H23NO5. The van der Waals surface area contributed by atoms with Gasteiger partial charge in [-0.3, -0.25) is 14.4 Å². The molecule has 0 spiro atoms. The number of hydrogen-bond donors (Lipinski definition) is 2. The molecule has 1 aromatic rings. The average molecular weight is 309 g/mol. The van der Waals surface area contributed by atoms with Crippen LogP contribution in [0.1, 0.15) is 38.2 Å². The van der Waals surface area contributed by atoms with Crippen molar-refractivity contribution in [3.8, 4) is 5.75 Å². The maximum absolute atomic E-state index is 11.7. The molecule has 1 amide bonds. The number of nitrogens with one attached hydrogen (secondary N) is 1. The van der Waals surface area contributed by atoms with Crippen LogP contribution in [0.15, 0.2) is 24.3 Å². The van der Waals surface area contributed by atoms with Crippen LogP contribution in [-0.4, -0.2) is 24.1 Å². The minimum Gasteiger partial charge on any atom is -0.497 e. The average Bonchev–Trinajstić information content (AvgIpc) is 2.51. The number of hydroxylamine groups is 1. The van der Waals surface area contributed by atoms with E-state index in [1.807, 2.05) is 19.1 Å². The van der Waals surface area contributed by atoms with Gasteiger partial charge in [-0.25, -0.2) is 5.48 Å². The molecule has 2 N–H and O–H groups in total. The summed E-state index contributed by atoms with van der Waals surface area (Å²) in [6.07, 6.45) is 2.12. The Hall–Kier alpha value is -2.08. The summed E-state index contributed by atoms with van der Waals surface area (Å²) in [5, 5.41) is 9.07. The summed E-state index contributed by atoms with van der Waals surface area (Å²) in [6, 6.07) is 7.25. The minimum absolute atomic E-state index is 0.0715. The van der Waals surface area contributed by atoms with Crippen LogP contribution in [0.5, 0.6) is 5.75 Å². The van der Waals surface area contributed by atoms with Gasteiger partial charge >= 0.3 is 5.97 Å². The highest BCUT2D eigenvalue weighted by Crippen LogP contribution is 2.14. The SMILES string of the molecule is CCCC[C@H](CC(=O)NOCc1ccc(OC)cc1)C(=O)O. The van der Waals surface area contributed by atoms with Crippen LogP contribution < -0.4 is 10.2 Å². The number of carboxylic acids is 1. The molecule has 1 atom stereocenters. The number of aliphatic carboxylic acids is 1. The Balaban J connectivity index is 2.33. The molecule has 0 aromatic heterocycles. The third-order valence-electron chi connectivity index (χ3n) is 3.27. The maximum Gasteiger partial charge on any atom is 0.307 e. The van der Waals surface area contributed by atoms with Crippen molar-refractivity contribution in [2.45, 2.75) is 39.2 Å². The summed E-state index contributed by atoms with van der Waals surface area (Å²) in [5.74, 6) is -1.28. The number of methoxy groups -OCH3 is 1. The van der Waals surface area contributed by atoms with E-state index in [-0.39, 0.29) is 13.0 Å². The van der Waals surface area contributed by atoms with Crippen LogP contribution in [0.4, 0.5) is 0 Å². The summed E-state index contributed by atoms with van der Waals surface area (Å²) >= 11 is 0. The molecule has 0 fully saturated rings. The Labute approximate surface area is 130 Å². The molecule has 0 aliphatic heterocycles. The molecule has 6 heteroatoms. The molecular weight excluding hydrogens is 286 g/mol. The van der Waals surface area contributed by atoms with Crippen LogP contribution in [0.3, 0.4) is 0 Å². The van der Waals surface area contributed by atoms with Gasteiger partial charge in [0.1, 0.15) is 5.75 Å². The molecule has 0 radical (unpaired) electrons. The molecule has 0 bridgehead atoms. The van der Waals surface area contributed by atoms with Crippen molar-refractivity contribution >= 4 is 11.9 Å². The minimum atomic E-state index is -0.946. The van der Waals surface area contributed by atoms with E-state index in [1.54, 1.807) is 19.2 Å². The second-order valence-corrected chi connectivity index (χ2v) is 5.04. The van der Waals surface area contributed by atoms with E-state index < -0.39 is 17.8 Å². The molecule has 0 heterocycles. The lowest BCUT2D eigenvalue weighted by Gasteiger charge is -2.12. The highest BCUT2D eigenvalue weighted by molar-refractivity contribution is 5.81. The third kappa shape index (κ3) is 6.58. The first-order valence-corrected chi connectivity index (χ1v) is 7.33. The summed E-state index contributed by atoms with van der Waals surface area (Å²) in [7, 11) is 1.59. The molecule has 0 aliphatic carbocycles. The lowest BCUT2D eigenvalue weighted by molar-refractivity contribution is -0.147. The third-order valence-corrected chi connectivity index (χ3v) is 3.27. The fourth-order valence-corrected chi connectivity index (χ4v) is 1.95. The van der Waals surface area contributed by atoms with Crippen molar-refractivity contribution in [1.82, 2.24) is 5.48 Å². The van der Waals surface area contributed by atoms with E-state index in [4.69, 9.17) is 14.7 Å². The number of unbranched alkanes of at least 4 members (excludes halogenated alkanes) is 1. The second kappa shape index (κ2) is 9.78.